The summed E-state index contributed by atoms with van der Waals surface area (Å²) >= 11 is 0. The molecular formula is C13H19N3O3. The molecule has 0 aliphatic heterocycles. The minimum Gasteiger partial charge on any atom is -0.478 e. The molecule has 5 N–H and O–H groups in total. The lowest BCUT2D eigenvalue weighted by Crippen LogP contribution is -2.41. The van der Waals surface area contributed by atoms with Gasteiger partial charge in [0.1, 0.15) is 6.04 Å². The number of benzene rings is 1. The summed E-state index contributed by atoms with van der Waals surface area (Å²) in [5.74, 6) is -1.28. The van der Waals surface area contributed by atoms with Crippen molar-refractivity contribution in [3.8, 4) is 0 Å². The van der Waals surface area contributed by atoms with Gasteiger partial charge >= 0.3 is 5.97 Å². The van der Waals surface area contributed by atoms with Gasteiger partial charge in [-0.3, -0.25) is 4.79 Å². The van der Waals surface area contributed by atoms with Crippen LogP contribution in [-0.2, 0) is 4.79 Å². The third-order valence-corrected chi connectivity index (χ3v) is 2.47. The average Bonchev–Trinajstić information content (AvgIpc) is 2.30. The number of carbonyl (C=O) groups is 2. The molecule has 1 rings (SSSR count). The van der Waals surface area contributed by atoms with Crippen LogP contribution in [0.1, 0.15) is 31.1 Å². The smallest absolute Gasteiger partial charge is 0.337 e. The van der Waals surface area contributed by atoms with Gasteiger partial charge in [0.25, 0.3) is 0 Å². The summed E-state index contributed by atoms with van der Waals surface area (Å²) in [6.45, 7) is 5.38. The molecule has 1 atom stereocenters. The van der Waals surface area contributed by atoms with Crippen LogP contribution in [-0.4, -0.2) is 29.1 Å². The predicted molar refractivity (Wildman–Crippen MR) is 74.2 cm³/mol. The van der Waals surface area contributed by atoms with E-state index in [4.69, 9.17) is 10.8 Å². The first kappa shape index (κ1) is 14.8. The van der Waals surface area contributed by atoms with Crippen molar-refractivity contribution in [3.05, 3.63) is 23.8 Å². The van der Waals surface area contributed by atoms with Gasteiger partial charge in [0, 0.05) is 17.4 Å². The van der Waals surface area contributed by atoms with Crippen molar-refractivity contribution in [2.75, 3.05) is 11.1 Å². The number of aromatic carboxylic acids is 1. The largest absolute Gasteiger partial charge is 0.478 e. The second-order valence-corrected chi connectivity index (χ2v) is 4.64. The molecule has 0 spiro atoms. The number of carboxylic acids is 1. The zero-order valence-electron chi connectivity index (χ0n) is 11.2. The van der Waals surface area contributed by atoms with Crippen molar-refractivity contribution in [1.82, 2.24) is 5.32 Å². The third kappa shape index (κ3) is 4.17. The van der Waals surface area contributed by atoms with E-state index >= 15 is 0 Å². The molecule has 1 unspecified atom stereocenters. The zero-order valence-corrected chi connectivity index (χ0v) is 11.2. The summed E-state index contributed by atoms with van der Waals surface area (Å²) < 4.78 is 0. The van der Waals surface area contributed by atoms with Crippen LogP contribution in [0.4, 0.5) is 11.4 Å². The molecule has 6 nitrogen and oxygen atoms in total. The van der Waals surface area contributed by atoms with Crippen molar-refractivity contribution in [2.24, 2.45) is 0 Å². The van der Waals surface area contributed by atoms with E-state index in [0.29, 0.717) is 11.4 Å². The first-order chi connectivity index (χ1) is 8.81. The Kier molecular flexibility index (Phi) is 4.74. The molecule has 104 valence electrons. The molecule has 0 aromatic heterocycles. The molecule has 1 amide bonds. The molecule has 0 radical (unpaired) electrons. The Balaban J connectivity index is 2.87. The Bertz CT molecular complexity index is 486. The average molecular weight is 265 g/mol. The number of hydrogen-bond donors (Lipinski definition) is 4. The zero-order chi connectivity index (χ0) is 14.6. The van der Waals surface area contributed by atoms with Crippen LogP contribution in [0.3, 0.4) is 0 Å². The number of nitrogens with one attached hydrogen (secondary N) is 2. The van der Waals surface area contributed by atoms with E-state index in [1.807, 2.05) is 13.8 Å². The van der Waals surface area contributed by atoms with Crippen molar-refractivity contribution in [2.45, 2.75) is 32.9 Å². The fourth-order valence-electron chi connectivity index (χ4n) is 1.57. The van der Waals surface area contributed by atoms with Crippen LogP contribution < -0.4 is 16.4 Å². The first-order valence-corrected chi connectivity index (χ1v) is 6.01. The lowest BCUT2D eigenvalue weighted by molar-refractivity contribution is -0.122. The van der Waals surface area contributed by atoms with Crippen molar-refractivity contribution in [1.29, 1.82) is 0 Å². The highest BCUT2D eigenvalue weighted by Gasteiger charge is 2.17. The van der Waals surface area contributed by atoms with E-state index in [-0.39, 0.29) is 17.5 Å². The number of carboxylic acid groups (broad SMARTS) is 1. The van der Waals surface area contributed by atoms with Gasteiger partial charge in [-0.15, -0.1) is 0 Å². The van der Waals surface area contributed by atoms with Gasteiger partial charge in [-0.1, -0.05) is 0 Å². The number of nitrogen functional groups attached to an aromatic ring is 1. The monoisotopic (exact) mass is 265 g/mol. The second kappa shape index (κ2) is 6.08. The van der Waals surface area contributed by atoms with Crippen LogP contribution in [0.15, 0.2) is 18.2 Å². The van der Waals surface area contributed by atoms with Gasteiger partial charge in [0.15, 0.2) is 0 Å². The normalized spacial score (nSPS) is 12.0. The number of nitrogens with two attached hydrogens (primary N) is 1. The molecular weight excluding hydrogens is 246 g/mol. The molecule has 0 fully saturated rings. The van der Waals surface area contributed by atoms with E-state index in [0.717, 1.165) is 0 Å². The number of amides is 1. The summed E-state index contributed by atoms with van der Waals surface area (Å²) in [5, 5.41) is 14.7. The molecule has 0 aliphatic carbocycles. The molecule has 0 saturated heterocycles. The van der Waals surface area contributed by atoms with Crippen molar-refractivity contribution >= 4 is 23.3 Å². The lowest BCUT2D eigenvalue weighted by Gasteiger charge is -2.18. The highest BCUT2D eigenvalue weighted by molar-refractivity contribution is 5.96. The van der Waals surface area contributed by atoms with Crippen LogP contribution in [0.25, 0.3) is 0 Å². The van der Waals surface area contributed by atoms with E-state index < -0.39 is 12.0 Å². The molecule has 6 heteroatoms. The lowest BCUT2D eigenvalue weighted by atomic mass is 10.1. The predicted octanol–water partition coefficient (Wildman–Crippen LogP) is 1.29. The number of rotatable bonds is 5. The van der Waals surface area contributed by atoms with Crippen LogP contribution in [0.2, 0.25) is 0 Å². The third-order valence-electron chi connectivity index (χ3n) is 2.47. The van der Waals surface area contributed by atoms with Gasteiger partial charge in [-0.25, -0.2) is 4.79 Å². The maximum atomic E-state index is 11.8. The Hall–Kier alpha value is -2.24. The van der Waals surface area contributed by atoms with E-state index in [1.54, 1.807) is 19.1 Å². The Morgan fingerprint density at radius 3 is 2.42 bits per heavy atom. The minimum atomic E-state index is -1.09. The van der Waals surface area contributed by atoms with Crippen LogP contribution in [0.5, 0.6) is 0 Å². The highest BCUT2D eigenvalue weighted by atomic mass is 16.4. The molecule has 0 aliphatic rings. The number of anilines is 2. The van der Waals surface area contributed by atoms with Crippen LogP contribution in [0, 0.1) is 0 Å². The first-order valence-electron chi connectivity index (χ1n) is 6.01. The Labute approximate surface area is 112 Å². The minimum absolute atomic E-state index is 0.0297. The summed E-state index contributed by atoms with van der Waals surface area (Å²) in [6, 6.07) is 3.99. The summed E-state index contributed by atoms with van der Waals surface area (Å²) in [4.78, 5) is 22.9. The SMILES string of the molecule is CC(C)NC(=O)C(C)Nc1ccc(N)cc1C(=O)O. The maximum Gasteiger partial charge on any atom is 0.337 e. The molecule has 19 heavy (non-hydrogen) atoms. The maximum absolute atomic E-state index is 11.8. The molecule has 1 aromatic carbocycles. The fourth-order valence-corrected chi connectivity index (χ4v) is 1.57. The number of hydrogen-bond acceptors (Lipinski definition) is 4. The van der Waals surface area contributed by atoms with Gasteiger partial charge < -0.3 is 21.5 Å². The van der Waals surface area contributed by atoms with Gasteiger partial charge in [0.05, 0.1) is 5.56 Å². The quantitative estimate of drug-likeness (QED) is 0.600. The molecule has 0 saturated carbocycles. The van der Waals surface area contributed by atoms with E-state index in [1.165, 1.54) is 6.07 Å². The summed E-state index contributed by atoms with van der Waals surface area (Å²) in [6.07, 6.45) is 0. The number of carbonyl (C=O) groups excluding carboxylic acids is 1. The topological polar surface area (TPSA) is 104 Å². The van der Waals surface area contributed by atoms with Gasteiger partial charge in [0.2, 0.25) is 5.91 Å². The van der Waals surface area contributed by atoms with Crippen molar-refractivity contribution in [3.63, 3.8) is 0 Å². The van der Waals surface area contributed by atoms with Crippen LogP contribution >= 0.6 is 0 Å². The Morgan fingerprint density at radius 2 is 1.89 bits per heavy atom. The Morgan fingerprint density at radius 1 is 1.26 bits per heavy atom. The molecule has 0 bridgehead atoms. The van der Waals surface area contributed by atoms with E-state index in [9.17, 15) is 9.59 Å². The van der Waals surface area contributed by atoms with E-state index in [2.05, 4.69) is 10.6 Å². The summed E-state index contributed by atoms with van der Waals surface area (Å²) in [7, 11) is 0. The second-order valence-electron chi connectivity index (χ2n) is 4.64. The molecule has 0 heterocycles. The summed E-state index contributed by atoms with van der Waals surface area (Å²) in [5.41, 5.74) is 6.33. The fraction of sp³-hybridized carbons (Fsp3) is 0.385. The van der Waals surface area contributed by atoms with Gasteiger partial charge in [-0.2, -0.15) is 0 Å². The standard InChI is InChI=1S/C13H19N3O3/c1-7(2)15-12(17)8(3)16-11-5-4-9(14)6-10(11)13(18)19/h4-8,16H,14H2,1-3H3,(H,15,17)(H,18,19). The van der Waals surface area contributed by atoms with Crippen molar-refractivity contribution < 1.29 is 14.7 Å². The van der Waals surface area contributed by atoms with Gasteiger partial charge in [-0.05, 0) is 39.0 Å². The molecule has 1 aromatic rings. The highest BCUT2D eigenvalue weighted by Crippen LogP contribution is 2.19.